The van der Waals surface area contributed by atoms with Crippen LogP contribution in [0, 0.1) is 12.3 Å². The average Bonchev–Trinajstić information content (AvgIpc) is 3.36. The van der Waals surface area contributed by atoms with Gasteiger partial charge in [0.1, 0.15) is 6.61 Å². The molecule has 2 aromatic rings. The first kappa shape index (κ1) is 19.6. The summed E-state index contributed by atoms with van der Waals surface area (Å²) in [6, 6.07) is 18.1. The van der Waals surface area contributed by atoms with E-state index in [1.807, 2.05) is 6.92 Å². The van der Waals surface area contributed by atoms with Crippen molar-refractivity contribution in [3.63, 3.8) is 0 Å². The molecule has 3 fully saturated rings. The van der Waals surface area contributed by atoms with Crippen LogP contribution in [0.4, 0.5) is 0 Å². The van der Waals surface area contributed by atoms with E-state index in [-0.39, 0.29) is 22.4 Å². The second kappa shape index (κ2) is 7.41. The zero-order valence-electron chi connectivity index (χ0n) is 17.3. The van der Waals surface area contributed by atoms with Crippen molar-refractivity contribution in [1.82, 2.24) is 4.90 Å². The van der Waals surface area contributed by atoms with Gasteiger partial charge in [0, 0.05) is 6.54 Å². The topological polar surface area (TPSA) is 59.0 Å². The molecule has 1 spiro atoms. The van der Waals surface area contributed by atoms with Crippen LogP contribution < -0.4 is 0 Å². The van der Waals surface area contributed by atoms with Crippen LogP contribution in [-0.2, 0) is 14.8 Å². The van der Waals surface area contributed by atoms with Crippen molar-refractivity contribution in [1.29, 1.82) is 0 Å². The summed E-state index contributed by atoms with van der Waals surface area (Å²) in [4.78, 5) is 2.35. The summed E-state index contributed by atoms with van der Waals surface area (Å²) in [5.41, 5.74) is 2.58. The van der Waals surface area contributed by atoms with Crippen molar-refractivity contribution in [2.45, 2.75) is 55.9 Å². The number of benzene rings is 2. The van der Waals surface area contributed by atoms with Crippen molar-refractivity contribution in [3.05, 3.63) is 65.7 Å². The van der Waals surface area contributed by atoms with Gasteiger partial charge in [-0.15, -0.1) is 4.40 Å². The van der Waals surface area contributed by atoms with Crippen LogP contribution in [0.15, 0.2) is 63.9 Å². The summed E-state index contributed by atoms with van der Waals surface area (Å²) < 4.78 is 35.8. The summed E-state index contributed by atoms with van der Waals surface area (Å²) in [5.74, 6) is 0.485. The highest BCUT2D eigenvalue weighted by Crippen LogP contribution is 2.55. The van der Waals surface area contributed by atoms with Crippen molar-refractivity contribution in [3.8, 4) is 0 Å². The van der Waals surface area contributed by atoms with Crippen molar-refractivity contribution < 1.29 is 13.2 Å². The van der Waals surface area contributed by atoms with E-state index in [9.17, 15) is 8.42 Å². The van der Waals surface area contributed by atoms with Crippen LogP contribution in [0.2, 0.25) is 0 Å². The molecular weight excluding hydrogens is 396 g/mol. The molecule has 1 aliphatic carbocycles. The lowest BCUT2D eigenvalue weighted by molar-refractivity contribution is 0.0833. The quantitative estimate of drug-likeness (QED) is 0.729. The van der Waals surface area contributed by atoms with E-state index in [1.54, 1.807) is 24.3 Å². The Hall–Kier alpha value is -2.34. The third-order valence-electron chi connectivity index (χ3n) is 7.14. The molecule has 6 heteroatoms. The second-order valence-corrected chi connectivity index (χ2v) is 10.6. The lowest BCUT2D eigenvalue weighted by atomic mass is 9.65. The normalized spacial score (nSPS) is 26.7. The number of piperidine rings is 1. The summed E-state index contributed by atoms with van der Waals surface area (Å²) in [6.45, 7) is 3.26. The van der Waals surface area contributed by atoms with E-state index in [4.69, 9.17) is 4.74 Å². The van der Waals surface area contributed by atoms with Gasteiger partial charge in [-0.05, 0) is 55.2 Å². The van der Waals surface area contributed by atoms with Crippen LogP contribution in [0.25, 0.3) is 0 Å². The molecule has 0 bridgehead atoms. The Bertz CT molecular complexity index is 1040. The lowest BCUT2D eigenvalue weighted by Gasteiger charge is -2.48. The van der Waals surface area contributed by atoms with Gasteiger partial charge >= 0.3 is 6.02 Å². The monoisotopic (exact) mass is 424 g/mol. The molecule has 2 heterocycles. The highest BCUT2D eigenvalue weighted by Gasteiger charge is 2.52. The third-order valence-corrected chi connectivity index (χ3v) is 8.41. The molecule has 5 nitrogen and oxygen atoms in total. The summed E-state index contributed by atoms with van der Waals surface area (Å²) >= 11 is 0. The van der Waals surface area contributed by atoms with E-state index < -0.39 is 10.0 Å². The van der Waals surface area contributed by atoms with E-state index in [0.717, 1.165) is 18.5 Å². The molecule has 158 valence electrons. The maximum absolute atomic E-state index is 12.9. The van der Waals surface area contributed by atoms with E-state index >= 15 is 0 Å². The highest BCUT2D eigenvalue weighted by atomic mass is 32.2. The van der Waals surface area contributed by atoms with Gasteiger partial charge in [0.15, 0.2) is 0 Å². The fraction of sp³-hybridized carbons (Fsp3) is 0.458. The van der Waals surface area contributed by atoms with Crippen molar-refractivity contribution in [2.24, 2.45) is 9.81 Å². The Balaban J connectivity index is 1.46. The molecule has 0 amide bonds. The maximum atomic E-state index is 12.9. The zero-order chi connectivity index (χ0) is 20.8. The molecule has 0 radical (unpaired) electrons. The molecular formula is C24H28N2O3S. The van der Waals surface area contributed by atoms with Crippen LogP contribution in [0.3, 0.4) is 0 Å². The van der Waals surface area contributed by atoms with Crippen LogP contribution in [0.1, 0.15) is 49.1 Å². The number of amidine groups is 1. The predicted octanol–water partition coefficient (Wildman–Crippen LogP) is 4.49. The highest BCUT2D eigenvalue weighted by molar-refractivity contribution is 7.90. The standard InChI is InChI=1S/C24H28N2O3S/c1-18-9-11-21(12-10-18)30(27,28)25-23-26-17-24(13-5-6-14-24)22(15-20(26)16-29-23)19-7-3-2-4-8-19/h2-4,7-12,20,22H,5-6,13-17H2,1H3/b25-23-/t20-,22+/m0/s1. The number of fused-ring (bicyclic) bond motifs is 1. The van der Waals surface area contributed by atoms with Gasteiger partial charge < -0.3 is 9.64 Å². The molecule has 3 aliphatic rings. The molecule has 5 rings (SSSR count). The lowest BCUT2D eigenvalue weighted by Crippen LogP contribution is -2.51. The summed E-state index contributed by atoms with van der Waals surface area (Å²) in [5, 5.41) is 0. The zero-order valence-corrected chi connectivity index (χ0v) is 18.1. The molecule has 0 N–H and O–H groups in total. The van der Waals surface area contributed by atoms with E-state index in [0.29, 0.717) is 12.5 Å². The Kier molecular flexibility index (Phi) is 4.85. The first-order valence-electron chi connectivity index (χ1n) is 10.8. The first-order valence-corrected chi connectivity index (χ1v) is 12.3. The molecule has 2 aliphatic heterocycles. The molecule has 1 saturated carbocycles. The SMILES string of the molecule is Cc1ccc(S(=O)(=O)/N=C2\OC[C@@H]3C[C@H](c4ccccc4)C4(CCCC4)CN23)cc1. The van der Waals surface area contributed by atoms with Gasteiger partial charge in [0.25, 0.3) is 10.0 Å². The Labute approximate surface area is 178 Å². The molecule has 0 aromatic heterocycles. The average molecular weight is 425 g/mol. The van der Waals surface area contributed by atoms with E-state index in [1.165, 1.54) is 31.2 Å². The largest absolute Gasteiger partial charge is 0.462 e. The number of nitrogens with zero attached hydrogens (tertiary/aromatic N) is 2. The Morgan fingerprint density at radius 2 is 1.73 bits per heavy atom. The third kappa shape index (κ3) is 3.41. The van der Waals surface area contributed by atoms with Crippen LogP contribution in [0.5, 0.6) is 0 Å². The minimum Gasteiger partial charge on any atom is -0.462 e. The van der Waals surface area contributed by atoms with Gasteiger partial charge in [-0.1, -0.05) is 60.9 Å². The number of aryl methyl sites for hydroxylation is 1. The molecule has 2 atom stereocenters. The minimum absolute atomic E-state index is 0.167. The smallest absolute Gasteiger partial charge is 0.303 e. The van der Waals surface area contributed by atoms with Crippen LogP contribution in [-0.4, -0.2) is 38.5 Å². The minimum atomic E-state index is -3.79. The fourth-order valence-electron chi connectivity index (χ4n) is 5.57. The fourth-order valence-corrected chi connectivity index (χ4v) is 6.52. The van der Waals surface area contributed by atoms with Gasteiger partial charge in [0.05, 0.1) is 10.9 Å². The molecule has 2 saturated heterocycles. The van der Waals surface area contributed by atoms with Gasteiger partial charge in [-0.25, -0.2) is 0 Å². The molecule has 2 aromatic carbocycles. The Morgan fingerprint density at radius 3 is 2.43 bits per heavy atom. The summed E-state index contributed by atoms with van der Waals surface area (Å²) in [7, 11) is -3.79. The molecule has 30 heavy (non-hydrogen) atoms. The van der Waals surface area contributed by atoms with Gasteiger partial charge in [-0.2, -0.15) is 8.42 Å². The maximum Gasteiger partial charge on any atom is 0.303 e. The Morgan fingerprint density at radius 1 is 1.03 bits per heavy atom. The van der Waals surface area contributed by atoms with Crippen molar-refractivity contribution in [2.75, 3.05) is 13.2 Å². The predicted molar refractivity (Wildman–Crippen MR) is 117 cm³/mol. The van der Waals surface area contributed by atoms with Crippen molar-refractivity contribution >= 4 is 16.0 Å². The number of sulfonamides is 1. The van der Waals surface area contributed by atoms with Gasteiger partial charge in [0.2, 0.25) is 0 Å². The number of hydrogen-bond donors (Lipinski definition) is 0. The second-order valence-electron chi connectivity index (χ2n) is 9.02. The van der Waals surface area contributed by atoms with Crippen LogP contribution >= 0.6 is 0 Å². The number of hydrogen-bond acceptors (Lipinski definition) is 3. The summed E-state index contributed by atoms with van der Waals surface area (Å²) in [6.07, 6.45) is 5.79. The van der Waals surface area contributed by atoms with Gasteiger partial charge in [-0.3, -0.25) is 0 Å². The number of ether oxygens (including phenoxy) is 1. The number of rotatable bonds is 3. The first-order chi connectivity index (χ1) is 14.5. The van der Waals surface area contributed by atoms with E-state index in [2.05, 4.69) is 39.6 Å². The molecule has 0 unspecified atom stereocenters.